The molecule has 0 fully saturated rings. The van der Waals surface area contributed by atoms with Crippen molar-refractivity contribution in [3.63, 3.8) is 0 Å². The minimum Gasteiger partial charge on any atom is -0.360 e. The van der Waals surface area contributed by atoms with Gasteiger partial charge in [-0.3, -0.25) is 9.69 Å². The number of allylic oxidation sites excluding steroid dienone is 1. The molecule has 1 atom stereocenters. The van der Waals surface area contributed by atoms with Crippen LogP contribution in [0.2, 0.25) is 0 Å². The normalized spacial score (nSPS) is 16.6. The molecule has 30 heavy (non-hydrogen) atoms. The standard InChI is InChI=1S/C21H19FN4O2S2/c1-11-6-7-14(10-15(11)22)26-13(3)18(20(27)23-17-9-12(2)28-25-17)19(24-21(26)29)16-5-4-8-30-16/h4-10,19H,1-3H3,(H,24,29)(H,23,25,27)/t19-/m0/s1. The molecule has 0 saturated heterocycles. The lowest BCUT2D eigenvalue weighted by molar-refractivity contribution is -0.113. The van der Waals surface area contributed by atoms with Gasteiger partial charge in [-0.1, -0.05) is 17.3 Å². The lowest BCUT2D eigenvalue weighted by atomic mass is 9.99. The predicted molar refractivity (Wildman–Crippen MR) is 119 cm³/mol. The Morgan fingerprint density at radius 3 is 2.73 bits per heavy atom. The maximum Gasteiger partial charge on any atom is 0.257 e. The summed E-state index contributed by atoms with van der Waals surface area (Å²) in [6, 6.07) is 9.93. The highest BCUT2D eigenvalue weighted by Gasteiger charge is 2.35. The first kappa shape index (κ1) is 20.2. The van der Waals surface area contributed by atoms with Crippen LogP contribution in [0, 0.1) is 19.7 Å². The molecule has 3 heterocycles. The minimum absolute atomic E-state index is 0.323. The second kappa shape index (κ2) is 8.00. The number of aromatic nitrogens is 1. The fourth-order valence-corrected chi connectivity index (χ4v) is 4.49. The molecule has 1 aliphatic rings. The lowest BCUT2D eigenvalue weighted by Crippen LogP contribution is -2.48. The van der Waals surface area contributed by atoms with Gasteiger partial charge in [0.1, 0.15) is 11.6 Å². The van der Waals surface area contributed by atoms with E-state index in [-0.39, 0.29) is 11.7 Å². The maximum absolute atomic E-state index is 14.2. The second-order valence-electron chi connectivity index (χ2n) is 6.94. The highest BCUT2D eigenvalue weighted by atomic mass is 32.1. The van der Waals surface area contributed by atoms with Crippen molar-refractivity contribution in [2.75, 3.05) is 10.2 Å². The van der Waals surface area contributed by atoms with E-state index in [0.717, 1.165) is 4.88 Å². The molecule has 4 rings (SSSR count). The third-order valence-electron chi connectivity index (χ3n) is 4.84. The summed E-state index contributed by atoms with van der Waals surface area (Å²) in [5.74, 6) is 0.230. The number of hydrogen-bond acceptors (Lipinski definition) is 5. The van der Waals surface area contributed by atoms with Crippen molar-refractivity contribution in [1.29, 1.82) is 0 Å². The summed E-state index contributed by atoms with van der Waals surface area (Å²) in [5.41, 5.74) is 2.15. The Hall–Kier alpha value is -3.04. The molecular weight excluding hydrogens is 423 g/mol. The van der Waals surface area contributed by atoms with E-state index in [0.29, 0.717) is 39.2 Å². The molecule has 1 aliphatic heterocycles. The number of nitrogens with zero attached hydrogens (tertiary/aromatic N) is 2. The molecule has 9 heteroatoms. The summed E-state index contributed by atoms with van der Waals surface area (Å²) in [4.78, 5) is 15.9. The number of nitrogens with one attached hydrogen (secondary N) is 2. The number of amides is 1. The van der Waals surface area contributed by atoms with E-state index in [1.165, 1.54) is 17.4 Å². The number of rotatable bonds is 4. The molecule has 6 nitrogen and oxygen atoms in total. The summed E-state index contributed by atoms with van der Waals surface area (Å²) in [6.07, 6.45) is 0. The van der Waals surface area contributed by atoms with Crippen LogP contribution in [0.3, 0.4) is 0 Å². The fraction of sp³-hybridized carbons (Fsp3) is 0.190. The third-order valence-corrected chi connectivity index (χ3v) is 6.08. The van der Waals surface area contributed by atoms with Crippen molar-refractivity contribution in [3.8, 4) is 0 Å². The number of carbonyl (C=O) groups is 1. The predicted octanol–water partition coefficient (Wildman–Crippen LogP) is 4.84. The molecule has 0 radical (unpaired) electrons. The van der Waals surface area contributed by atoms with Crippen molar-refractivity contribution in [2.45, 2.75) is 26.8 Å². The number of thiocarbonyl (C=S) groups is 1. The van der Waals surface area contributed by atoms with Crippen LogP contribution in [0.25, 0.3) is 0 Å². The molecule has 0 unspecified atom stereocenters. The Labute approximate surface area is 182 Å². The zero-order valence-corrected chi connectivity index (χ0v) is 18.2. The Morgan fingerprint density at radius 2 is 2.10 bits per heavy atom. The molecule has 0 aliphatic carbocycles. The van der Waals surface area contributed by atoms with Crippen LogP contribution in [-0.2, 0) is 4.79 Å². The van der Waals surface area contributed by atoms with Crippen molar-refractivity contribution in [1.82, 2.24) is 10.5 Å². The van der Waals surface area contributed by atoms with Crippen LogP contribution in [-0.4, -0.2) is 16.2 Å². The topological polar surface area (TPSA) is 70.4 Å². The molecule has 1 aromatic carbocycles. The van der Waals surface area contributed by atoms with Crippen LogP contribution in [0.15, 0.2) is 57.6 Å². The smallest absolute Gasteiger partial charge is 0.257 e. The molecule has 0 bridgehead atoms. The summed E-state index contributed by atoms with van der Waals surface area (Å²) in [5, 5.41) is 12.2. The minimum atomic E-state index is -0.433. The van der Waals surface area contributed by atoms with Gasteiger partial charge in [0.05, 0.1) is 17.3 Å². The van der Waals surface area contributed by atoms with Gasteiger partial charge in [0, 0.05) is 16.6 Å². The Kier molecular flexibility index (Phi) is 5.40. The summed E-state index contributed by atoms with van der Waals surface area (Å²) >= 11 is 7.11. The molecule has 2 N–H and O–H groups in total. The van der Waals surface area contributed by atoms with E-state index in [1.807, 2.05) is 17.5 Å². The van der Waals surface area contributed by atoms with E-state index in [9.17, 15) is 9.18 Å². The van der Waals surface area contributed by atoms with Gasteiger partial charge in [-0.05, 0) is 62.1 Å². The van der Waals surface area contributed by atoms with Crippen LogP contribution >= 0.6 is 23.6 Å². The molecule has 0 saturated carbocycles. The molecule has 1 amide bonds. The van der Waals surface area contributed by atoms with E-state index < -0.39 is 6.04 Å². The van der Waals surface area contributed by atoms with Gasteiger partial charge in [0.2, 0.25) is 0 Å². The van der Waals surface area contributed by atoms with E-state index in [1.54, 1.807) is 43.9 Å². The van der Waals surface area contributed by atoms with Crippen molar-refractivity contribution >= 4 is 46.1 Å². The second-order valence-corrected chi connectivity index (χ2v) is 8.31. The summed E-state index contributed by atoms with van der Waals surface area (Å²) < 4.78 is 19.3. The summed E-state index contributed by atoms with van der Waals surface area (Å²) in [7, 11) is 0. The lowest BCUT2D eigenvalue weighted by Gasteiger charge is -2.37. The monoisotopic (exact) mass is 442 g/mol. The first-order chi connectivity index (χ1) is 14.3. The van der Waals surface area contributed by atoms with E-state index in [4.69, 9.17) is 16.7 Å². The Balaban J connectivity index is 1.80. The van der Waals surface area contributed by atoms with Gasteiger partial charge >= 0.3 is 0 Å². The van der Waals surface area contributed by atoms with Crippen molar-refractivity contribution in [2.24, 2.45) is 0 Å². The van der Waals surface area contributed by atoms with Crippen LogP contribution < -0.4 is 15.5 Å². The first-order valence-corrected chi connectivity index (χ1v) is 10.5. The first-order valence-electron chi connectivity index (χ1n) is 9.20. The van der Waals surface area contributed by atoms with Crippen LogP contribution in [0.4, 0.5) is 15.9 Å². The van der Waals surface area contributed by atoms with Gasteiger partial charge in [-0.2, -0.15) is 0 Å². The van der Waals surface area contributed by atoms with Crippen molar-refractivity contribution < 1.29 is 13.7 Å². The molecule has 3 aromatic rings. The van der Waals surface area contributed by atoms with Gasteiger partial charge in [0.15, 0.2) is 10.9 Å². The molecule has 154 valence electrons. The zero-order valence-electron chi connectivity index (χ0n) is 16.5. The number of benzene rings is 1. The number of anilines is 2. The quantitative estimate of drug-likeness (QED) is 0.564. The van der Waals surface area contributed by atoms with Crippen molar-refractivity contribution in [3.05, 3.63) is 75.1 Å². The zero-order chi connectivity index (χ0) is 21.4. The van der Waals surface area contributed by atoms with E-state index in [2.05, 4.69) is 15.8 Å². The van der Waals surface area contributed by atoms with E-state index >= 15 is 0 Å². The largest absolute Gasteiger partial charge is 0.360 e. The van der Waals surface area contributed by atoms with Gasteiger partial charge < -0.3 is 15.2 Å². The van der Waals surface area contributed by atoms with Gasteiger partial charge in [-0.15, -0.1) is 11.3 Å². The highest BCUT2D eigenvalue weighted by molar-refractivity contribution is 7.80. The average molecular weight is 443 g/mol. The van der Waals surface area contributed by atoms with Crippen LogP contribution in [0.5, 0.6) is 0 Å². The SMILES string of the molecule is CC1=C(C(=O)Nc2cc(C)on2)[C@H](c2cccs2)NC(=S)N1c1ccc(C)c(F)c1. The summed E-state index contributed by atoms with van der Waals surface area (Å²) in [6.45, 7) is 5.24. The number of thiophene rings is 1. The number of halogens is 1. The maximum atomic E-state index is 14.2. The fourth-order valence-electron chi connectivity index (χ4n) is 3.35. The average Bonchev–Trinajstić information content (AvgIpc) is 3.36. The Morgan fingerprint density at radius 1 is 1.30 bits per heavy atom. The van der Waals surface area contributed by atoms with Gasteiger partial charge in [-0.25, -0.2) is 4.39 Å². The molecular formula is C21H19FN4O2S2. The van der Waals surface area contributed by atoms with Crippen LogP contribution in [0.1, 0.15) is 29.2 Å². The number of carbonyl (C=O) groups excluding carboxylic acids is 1. The van der Waals surface area contributed by atoms with Gasteiger partial charge in [0.25, 0.3) is 5.91 Å². The number of hydrogen-bond donors (Lipinski definition) is 2. The Bertz CT molecular complexity index is 1150. The molecule has 0 spiro atoms. The highest BCUT2D eigenvalue weighted by Crippen LogP contribution is 2.36. The third kappa shape index (κ3) is 3.73. The number of aryl methyl sites for hydroxylation is 2. The molecule has 2 aromatic heterocycles.